The molecule has 3 fully saturated rings. The predicted molar refractivity (Wildman–Crippen MR) is 112 cm³/mol. The van der Waals surface area contributed by atoms with E-state index >= 15 is 0 Å². The van der Waals surface area contributed by atoms with E-state index < -0.39 is 0 Å². The molecule has 2 aliphatic carbocycles. The van der Waals surface area contributed by atoms with Crippen LogP contribution in [0.25, 0.3) is 0 Å². The molecular formula is C25H30N2O. The maximum Gasteiger partial charge on any atom is 0.228 e. The van der Waals surface area contributed by atoms with Crippen molar-refractivity contribution in [3.8, 4) is 0 Å². The first-order valence-electron chi connectivity index (χ1n) is 10.9. The smallest absolute Gasteiger partial charge is 0.228 e. The molecule has 1 amide bonds. The third-order valence-electron chi connectivity index (χ3n) is 7.14. The van der Waals surface area contributed by atoms with Crippen LogP contribution in [0.5, 0.6) is 0 Å². The van der Waals surface area contributed by atoms with E-state index in [1.165, 1.54) is 36.8 Å². The zero-order valence-electron chi connectivity index (χ0n) is 16.5. The molecule has 1 heterocycles. The van der Waals surface area contributed by atoms with Crippen LogP contribution in [0.1, 0.15) is 42.7 Å². The van der Waals surface area contributed by atoms with Gasteiger partial charge in [0.1, 0.15) is 0 Å². The third-order valence-corrected chi connectivity index (χ3v) is 7.14. The molecule has 3 unspecified atom stereocenters. The highest BCUT2D eigenvalue weighted by atomic mass is 16.2. The Morgan fingerprint density at radius 2 is 1.54 bits per heavy atom. The number of nitrogens with one attached hydrogen (secondary N) is 1. The second-order valence-electron chi connectivity index (χ2n) is 8.97. The Labute approximate surface area is 168 Å². The molecule has 3 aliphatic rings. The summed E-state index contributed by atoms with van der Waals surface area (Å²) in [6, 6.07) is 21.6. The van der Waals surface area contributed by atoms with Crippen LogP contribution in [0.2, 0.25) is 0 Å². The number of likely N-dealkylation sites (tertiary alicyclic amines) is 1. The van der Waals surface area contributed by atoms with Gasteiger partial charge in [-0.3, -0.25) is 9.69 Å². The fourth-order valence-corrected chi connectivity index (χ4v) is 5.64. The summed E-state index contributed by atoms with van der Waals surface area (Å²) in [5, 5.41) is 3.45. The Bertz CT molecular complexity index is 788. The average molecular weight is 375 g/mol. The van der Waals surface area contributed by atoms with E-state index in [1.807, 2.05) is 6.07 Å². The molecule has 0 bridgehead atoms. The molecule has 0 spiro atoms. The van der Waals surface area contributed by atoms with Crippen molar-refractivity contribution in [3.63, 3.8) is 0 Å². The molecular weight excluding hydrogens is 344 g/mol. The molecule has 2 aromatic rings. The Kier molecular flexibility index (Phi) is 4.94. The van der Waals surface area contributed by atoms with E-state index in [4.69, 9.17) is 0 Å². The SMILES string of the molecule is O=C(NC1C2CN(Cc3ccccc3)CC21)C(c1ccccc1)C1CCCC1. The van der Waals surface area contributed by atoms with Gasteiger partial charge in [0.2, 0.25) is 5.91 Å². The molecule has 3 nitrogen and oxygen atoms in total. The van der Waals surface area contributed by atoms with Crippen LogP contribution in [-0.2, 0) is 11.3 Å². The molecule has 1 aliphatic heterocycles. The maximum atomic E-state index is 13.3. The highest BCUT2D eigenvalue weighted by Gasteiger charge is 2.56. The van der Waals surface area contributed by atoms with Gasteiger partial charge in [-0.1, -0.05) is 73.5 Å². The second kappa shape index (κ2) is 7.71. The van der Waals surface area contributed by atoms with Crippen molar-refractivity contribution in [1.29, 1.82) is 0 Å². The number of hydrogen-bond acceptors (Lipinski definition) is 2. The van der Waals surface area contributed by atoms with E-state index in [0.29, 0.717) is 23.8 Å². The van der Waals surface area contributed by atoms with Gasteiger partial charge >= 0.3 is 0 Å². The molecule has 146 valence electrons. The van der Waals surface area contributed by atoms with Crippen LogP contribution in [0.15, 0.2) is 60.7 Å². The van der Waals surface area contributed by atoms with Gasteiger partial charge in [-0.15, -0.1) is 0 Å². The molecule has 0 aromatic heterocycles. The van der Waals surface area contributed by atoms with Crippen LogP contribution in [0.4, 0.5) is 0 Å². The van der Waals surface area contributed by atoms with Crippen LogP contribution in [0, 0.1) is 17.8 Å². The van der Waals surface area contributed by atoms with Gasteiger partial charge in [0.15, 0.2) is 0 Å². The van der Waals surface area contributed by atoms with Crippen molar-refractivity contribution < 1.29 is 4.79 Å². The van der Waals surface area contributed by atoms with Crippen molar-refractivity contribution in [1.82, 2.24) is 10.2 Å². The Morgan fingerprint density at radius 3 is 2.18 bits per heavy atom. The summed E-state index contributed by atoms with van der Waals surface area (Å²) in [6.45, 7) is 3.26. The lowest BCUT2D eigenvalue weighted by molar-refractivity contribution is -0.124. The monoisotopic (exact) mass is 374 g/mol. The van der Waals surface area contributed by atoms with Crippen LogP contribution in [0.3, 0.4) is 0 Å². The largest absolute Gasteiger partial charge is 0.352 e. The van der Waals surface area contributed by atoms with E-state index in [-0.39, 0.29) is 11.8 Å². The molecule has 3 atom stereocenters. The molecule has 2 aromatic carbocycles. The Hall–Kier alpha value is -2.13. The number of carbonyl (C=O) groups excluding carboxylic acids is 1. The van der Waals surface area contributed by atoms with Gasteiger partial charge in [-0.25, -0.2) is 0 Å². The normalized spacial score (nSPS) is 28.1. The van der Waals surface area contributed by atoms with E-state index in [2.05, 4.69) is 64.8 Å². The lowest BCUT2D eigenvalue weighted by Gasteiger charge is -2.25. The van der Waals surface area contributed by atoms with Crippen LogP contribution in [-0.4, -0.2) is 29.9 Å². The van der Waals surface area contributed by atoms with Crippen molar-refractivity contribution in [2.45, 2.75) is 44.2 Å². The maximum absolute atomic E-state index is 13.3. The van der Waals surface area contributed by atoms with Gasteiger partial charge < -0.3 is 5.32 Å². The second-order valence-corrected chi connectivity index (χ2v) is 8.97. The molecule has 1 saturated heterocycles. The van der Waals surface area contributed by atoms with E-state index in [0.717, 1.165) is 19.6 Å². The zero-order valence-corrected chi connectivity index (χ0v) is 16.5. The summed E-state index contributed by atoms with van der Waals surface area (Å²) < 4.78 is 0. The number of piperidine rings is 1. The van der Waals surface area contributed by atoms with Crippen molar-refractivity contribution >= 4 is 5.91 Å². The number of nitrogens with zero attached hydrogens (tertiary/aromatic N) is 1. The van der Waals surface area contributed by atoms with E-state index in [1.54, 1.807) is 0 Å². The molecule has 2 saturated carbocycles. The minimum Gasteiger partial charge on any atom is -0.352 e. The summed E-state index contributed by atoms with van der Waals surface area (Å²) in [6.07, 6.45) is 4.92. The predicted octanol–water partition coefficient (Wildman–Crippen LogP) is 4.21. The average Bonchev–Trinajstić information content (AvgIpc) is 3.13. The first-order valence-corrected chi connectivity index (χ1v) is 10.9. The van der Waals surface area contributed by atoms with Crippen molar-refractivity contribution in [3.05, 3.63) is 71.8 Å². The molecule has 28 heavy (non-hydrogen) atoms. The number of benzene rings is 2. The lowest BCUT2D eigenvalue weighted by atomic mass is 9.84. The number of carbonyl (C=O) groups is 1. The fourth-order valence-electron chi connectivity index (χ4n) is 5.64. The summed E-state index contributed by atoms with van der Waals surface area (Å²) in [4.78, 5) is 15.8. The fraction of sp³-hybridized carbons (Fsp3) is 0.480. The van der Waals surface area contributed by atoms with Crippen molar-refractivity contribution in [2.24, 2.45) is 17.8 Å². The van der Waals surface area contributed by atoms with Crippen LogP contribution < -0.4 is 5.32 Å². The summed E-state index contributed by atoms with van der Waals surface area (Å²) in [7, 11) is 0. The highest BCUT2D eigenvalue weighted by molar-refractivity contribution is 5.84. The standard InChI is InChI=1S/C25H30N2O/c28-25(23(20-13-7-8-14-20)19-11-5-2-6-12-19)26-24-21-16-27(17-22(21)24)15-18-9-3-1-4-10-18/h1-6,9-12,20-24H,7-8,13-17H2,(H,26,28). The van der Waals surface area contributed by atoms with E-state index in [9.17, 15) is 4.79 Å². The van der Waals surface area contributed by atoms with Gasteiger partial charge in [-0.05, 0) is 41.7 Å². The van der Waals surface area contributed by atoms with Gasteiger partial charge in [0.25, 0.3) is 0 Å². The van der Waals surface area contributed by atoms with Gasteiger partial charge in [0, 0.05) is 25.7 Å². The van der Waals surface area contributed by atoms with Gasteiger partial charge in [0.05, 0.1) is 5.92 Å². The third kappa shape index (κ3) is 3.60. The Morgan fingerprint density at radius 1 is 0.929 bits per heavy atom. The lowest BCUT2D eigenvalue weighted by Crippen LogP contribution is -2.38. The number of hydrogen-bond donors (Lipinski definition) is 1. The summed E-state index contributed by atoms with van der Waals surface area (Å²) in [5.41, 5.74) is 2.58. The minimum absolute atomic E-state index is 0.0328. The van der Waals surface area contributed by atoms with Crippen molar-refractivity contribution in [2.75, 3.05) is 13.1 Å². The topological polar surface area (TPSA) is 32.3 Å². The number of amides is 1. The number of rotatable bonds is 6. The van der Waals surface area contributed by atoms with Crippen LogP contribution >= 0.6 is 0 Å². The number of fused-ring (bicyclic) bond motifs is 1. The van der Waals surface area contributed by atoms with Gasteiger partial charge in [-0.2, -0.15) is 0 Å². The zero-order chi connectivity index (χ0) is 18.9. The first-order chi connectivity index (χ1) is 13.8. The molecule has 3 heteroatoms. The molecule has 1 N–H and O–H groups in total. The summed E-state index contributed by atoms with van der Waals surface area (Å²) in [5.74, 6) is 2.11. The first kappa shape index (κ1) is 17.9. The summed E-state index contributed by atoms with van der Waals surface area (Å²) >= 11 is 0. The molecule has 0 radical (unpaired) electrons. The Balaban J connectivity index is 1.19. The highest BCUT2D eigenvalue weighted by Crippen LogP contribution is 2.47. The molecule has 5 rings (SSSR count). The quantitative estimate of drug-likeness (QED) is 0.822. The minimum atomic E-state index is 0.0328.